The van der Waals surface area contributed by atoms with Crippen LogP contribution in [-0.2, 0) is 11.2 Å². The van der Waals surface area contributed by atoms with Crippen LogP contribution in [0.2, 0.25) is 0 Å². The number of unbranched alkanes of at least 4 members (excludes halogenated alkanes) is 6. The van der Waals surface area contributed by atoms with Crippen molar-refractivity contribution in [1.29, 1.82) is 0 Å². The van der Waals surface area contributed by atoms with Crippen LogP contribution in [0, 0.1) is 0 Å². The lowest BCUT2D eigenvalue weighted by atomic mass is 9.99. The van der Waals surface area contributed by atoms with Gasteiger partial charge in [-0.25, -0.2) is 0 Å². The topological polar surface area (TPSA) is 81.1 Å². The third-order valence-electron chi connectivity index (χ3n) is 4.55. The lowest BCUT2D eigenvalue weighted by Gasteiger charge is -2.10. The molecule has 0 amide bonds. The molecule has 1 aromatic carbocycles. The molecule has 0 spiro atoms. The fraction of sp³-hybridized carbons (Fsp3) is 0.667. The van der Waals surface area contributed by atoms with Crippen LogP contribution >= 0.6 is 0 Å². The molecule has 1 aromatic rings. The monoisotopic (exact) mass is 347 g/mol. The summed E-state index contributed by atoms with van der Waals surface area (Å²) in [5.41, 5.74) is 12.6. The minimum absolute atomic E-state index is 0.201. The van der Waals surface area contributed by atoms with E-state index in [2.05, 4.69) is 5.32 Å². The SMILES string of the molecule is NCCCNCCCCCCCCCC(=O)C(N)Cc1ccccc1. The van der Waals surface area contributed by atoms with Crippen LogP contribution in [0.1, 0.15) is 63.4 Å². The highest BCUT2D eigenvalue weighted by molar-refractivity contribution is 5.84. The Kier molecular flexibility index (Phi) is 13.1. The zero-order valence-electron chi connectivity index (χ0n) is 15.7. The average molecular weight is 348 g/mol. The van der Waals surface area contributed by atoms with E-state index in [0.717, 1.165) is 44.5 Å². The van der Waals surface area contributed by atoms with Gasteiger partial charge in [-0.3, -0.25) is 4.79 Å². The maximum Gasteiger partial charge on any atom is 0.149 e. The highest BCUT2D eigenvalue weighted by Gasteiger charge is 2.13. The molecule has 1 rings (SSSR count). The van der Waals surface area contributed by atoms with Crippen LogP contribution in [0.5, 0.6) is 0 Å². The smallest absolute Gasteiger partial charge is 0.149 e. The Labute approximate surface area is 153 Å². The molecule has 142 valence electrons. The molecular weight excluding hydrogens is 310 g/mol. The van der Waals surface area contributed by atoms with E-state index in [1.54, 1.807) is 0 Å². The third-order valence-corrected chi connectivity index (χ3v) is 4.55. The summed E-state index contributed by atoms with van der Waals surface area (Å²) >= 11 is 0. The Hall–Kier alpha value is -1.23. The fourth-order valence-corrected chi connectivity index (χ4v) is 2.95. The summed E-state index contributed by atoms with van der Waals surface area (Å²) in [6.45, 7) is 2.91. The van der Waals surface area contributed by atoms with Gasteiger partial charge in [0.05, 0.1) is 6.04 Å². The molecule has 0 aliphatic heterocycles. The van der Waals surface area contributed by atoms with Gasteiger partial charge in [-0.1, -0.05) is 62.4 Å². The summed E-state index contributed by atoms with van der Waals surface area (Å²) in [5, 5.41) is 3.41. The van der Waals surface area contributed by atoms with E-state index in [-0.39, 0.29) is 11.8 Å². The van der Waals surface area contributed by atoms with E-state index in [0.29, 0.717) is 12.8 Å². The molecule has 4 heteroatoms. The lowest BCUT2D eigenvalue weighted by molar-refractivity contribution is -0.120. The Morgan fingerprint density at radius 1 is 0.880 bits per heavy atom. The van der Waals surface area contributed by atoms with Crippen LogP contribution in [0.25, 0.3) is 0 Å². The molecule has 0 aliphatic rings. The van der Waals surface area contributed by atoms with Gasteiger partial charge in [0, 0.05) is 6.42 Å². The van der Waals surface area contributed by atoms with Crippen molar-refractivity contribution in [1.82, 2.24) is 5.32 Å². The Balaban J connectivity index is 1.91. The molecule has 0 saturated carbocycles. The average Bonchev–Trinajstić information content (AvgIpc) is 2.63. The van der Waals surface area contributed by atoms with E-state index in [4.69, 9.17) is 11.5 Å². The number of carbonyl (C=O) groups is 1. The molecule has 4 nitrogen and oxygen atoms in total. The van der Waals surface area contributed by atoms with Gasteiger partial charge >= 0.3 is 0 Å². The largest absolute Gasteiger partial charge is 0.330 e. The van der Waals surface area contributed by atoms with Crippen molar-refractivity contribution in [3.05, 3.63) is 35.9 Å². The van der Waals surface area contributed by atoms with Crippen LogP contribution < -0.4 is 16.8 Å². The van der Waals surface area contributed by atoms with Gasteiger partial charge in [0.25, 0.3) is 0 Å². The minimum Gasteiger partial charge on any atom is -0.330 e. The predicted octanol–water partition coefficient (Wildman–Crippen LogP) is 3.18. The maximum absolute atomic E-state index is 12.1. The van der Waals surface area contributed by atoms with Gasteiger partial charge in [0.15, 0.2) is 0 Å². The van der Waals surface area contributed by atoms with Crippen LogP contribution in [-0.4, -0.2) is 31.5 Å². The van der Waals surface area contributed by atoms with Crippen molar-refractivity contribution in [2.45, 2.75) is 70.3 Å². The maximum atomic E-state index is 12.1. The first-order valence-electron chi connectivity index (χ1n) is 9.97. The lowest BCUT2D eigenvalue weighted by Crippen LogP contribution is -2.32. The van der Waals surface area contributed by atoms with E-state index in [1.807, 2.05) is 30.3 Å². The van der Waals surface area contributed by atoms with Gasteiger partial charge in [0.2, 0.25) is 0 Å². The molecule has 0 bridgehead atoms. The molecule has 0 saturated heterocycles. The molecule has 0 fully saturated rings. The van der Waals surface area contributed by atoms with Gasteiger partial charge in [-0.2, -0.15) is 0 Å². The van der Waals surface area contributed by atoms with E-state index in [9.17, 15) is 4.79 Å². The number of benzene rings is 1. The van der Waals surface area contributed by atoms with Crippen LogP contribution in [0.4, 0.5) is 0 Å². The molecule has 0 radical (unpaired) electrons. The highest BCUT2D eigenvalue weighted by atomic mass is 16.1. The number of hydrogen-bond donors (Lipinski definition) is 3. The third kappa shape index (κ3) is 11.9. The summed E-state index contributed by atoms with van der Waals surface area (Å²) in [6.07, 6.45) is 10.8. The summed E-state index contributed by atoms with van der Waals surface area (Å²) in [7, 11) is 0. The number of rotatable bonds is 16. The zero-order chi connectivity index (χ0) is 18.2. The second-order valence-electron chi connectivity index (χ2n) is 6.88. The van der Waals surface area contributed by atoms with E-state index in [1.165, 1.54) is 32.1 Å². The Morgan fingerprint density at radius 3 is 2.16 bits per heavy atom. The van der Waals surface area contributed by atoms with Crippen LogP contribution in [0.15, 0.2) is 30.3 Å². The summed E-state index contributed by atoms with van der Waals surface area (Å²) in [4.78, 5) is 12.1. The first kappa shape index (κ1) is 21.8. The summed E-state index contributed by atoms with van der Waals surface area (Å²) in [6, 6.07) is 9.66. The van der Waals surface area contributed by atoms with Crippen molar-refractivity contribution in [2.75, 3.05) is 19.6 Å². The molecule has 0 heterocycles. The molecule has 5 N–H and O–H groups in total. The molecule has 0 aliphatic carbocycles. The summed E-state index contributed by atoms with van der Waals surface area (Å²) < 4.78 is 0. The number of nitrogens with one attached hydrogen (secondary N) is 1. The fourth-order valence-electron chi connectivity index (χ4n) is 2.95. The van der Waals surface area contributed by atoms with Gasteiger partial charge in [0.1, 0.15) is 5.78 Å². The van der Waals surface area contributed by atoms with Crippen molar-refractivity contribution in [2.24, 2.45) is 11.5 Å². The minimum atomic E-state index is -0.353. The van der Waals surface area contributed by atoms with Gasteiger partial charge in [-0.15, -0.1) is 0 Å². The van der Waals surface area contributed by atoms with Crippen molar-refractivity contribution in [3.63, 3.8) is 0 Å². The second-order valence-corrected chi connectivity index (χ2v) is 6.88. The molecule has 25 heavy (non-hydrogen) atoms. The van der Waals surface area contributed by atoms with Crippen molar-refractivity contribution < 1.29 is 4.79 Å². The normalized spacial score (nSPS) is 12.2. The van der Waals surface area contributed by atoms with E-state index >= 15 is 0 Å². The highest BCUT2D eigenvalue weighted by Crippen LogP contribution is 2.10. The number of hydrogen-bond acceptors (Lipinski definition) is 4. The quantitative estimate of drug-likeness (QED) is 0.401. The molecule has 1 atom stereocenters. The number of nitrogens with two attached hydrogens (primary N) is 2. The second kappa shape index (κ2) is 15.1. The van der Waals surface area contributed by atoms with Crippen molar-refractivity contribution in [3.8, 4) is 0 Å². The molecule has 1 unspecified atom stereocenters. The number of carbonyl (C=O) groups excluding carboxylic acids is 1. The standard InChI is InChI=1S/C21H37N3O/c22-15-11-17-24-16-10-5-3-1-2-4-9-14-21(25)20(23)18-19-12-7-6-8-13-19/h6-8,12-13,20,24H,1-5,9-11,14-18,22-23H2. The number of ketones is 1. The summed E-state index contributed by atoms with van der Waals surface area (Å²) in [5.74, 6) is 0.201. The van der Waals surface area contributed by atoms with Gasteiger partial charge < -0.3 is 16.8 Å². The van der Waals surface area contributed by atoms with Gasteiger partial charge in [-0.05, 0) is 50.9 Å². The molecular formula is C21H37N3O. The predicted molar refractivity (Wildman–Crippen MR) is 107 cm³/mol. The van der Waals surface area contributed by atoms with Crippen LogP contribution in [0.3, 0.4) is 0 Å². The van der Waals surface area contributed by atoms with Crippen molar-refractivity contribution >= 4 is 5.78 Å². The molecule has 0 aromatic heterocycles. The first-order chi connectivity index (χ1) is 12.2. The first-order valence-corrected chi connectivity index (χ1v) is 9.97. The Bertz CT molecular complexity index is 436. The zero-order valence-corrected chi connectivity index (χ0v) is 15.7. The van der Waals surface area contributed by atoms with E-state index < -0.39 is 0 Å². The number of Topliss-reactive ketones (excluding diaryl/α,β-unsaturated/α-hetero) is 1. The Morgan fingerprint density at radius 2 is 1.48 bits per heavy atom.